The predicted octanol–water partition coefficient (Wildman–Crippen LogP) is 1.06. The molecular weight excluding hydrogens is 230 g/mol. The van der Waals surface area contributed by atoms with Gasteiger partial charge in [-0.3, -0.25) is 0 Å². The summed E-state index contributed by atoms with van der Waals surface area (Å²) in [6, 6.07) is 4.23. The van der Waals surface area contributed by atoms with Crippen LogP contribution in [0.1, 0.15) is 23.8 Å². The van der Waals surface area contributed by atoms with Gasteiger partial charge in [0.2, 0.25) is 0 Å². The number of nitrogens with zero attached hydrogens (tertiary/aromatic N) is 2. The fourth-order valence-electron chi connectivity index (χ4n) is 2.37. The number of aromatic nitrogens is 1. The smallest absolute Gasteiger partial charge is 0.356 e. The van der Waals surface area contributed by atoms with Crippen LogP contribution < -0.4 is 10.2 Å². The summed E-state index contributed by atoms with van der Waals surface area (Å²) in [4.78, 5) is 17.8. The van der Waals surface area contributed by atoms with Crippen molar-refractivity contribution in [2.24, 2.45) is 0 Å². The van der Waals surface area contributed by atoms with Gasteiger partial charge in [0.15, 0.2) is 0 Å². The molecule has 0 spiro atoms. The highest BCUT2D eigenvalue weighted by Crippen LogP contribution is 2.20. The van der Waals surface area contributed by atoms with Crippen LogP contribution in [0.15, 0.2) is 18.3 Å². The van der Waals surface area contributed by atoms with Gasteiger partial charge in [-0.1, -0.05) is 0 Å². The van der Waals surface area contributed by atoms with Gasteiger partial charge in [0.25, 0.3) is 0 Å². The molecule has 0 bridgehead atoms. The van der Waals surface area contributed by atoms with Crippen LogP contribution in [0.3, 0.4) is 0 Å². The van der Waals surface area contributed by atoms with Gasteiger partial charge < -0.3 is 15.0 Å². The normalized spacial score (nSPS) is 18.7. The number of pyridine rings is 1. The van der Waals surface area contributed by atoms with Crippen LogP contribution in [0.2, 0.25) is 0 Å². The molecular formula is C13H19N3O2. The van der Waals surface area contributed by atoms with E-state index < -0.39 is 5.97 Å². The standard InChI is InChI=1S/C13H19N3O2/c1-3-16(11-4-6-14-9-11)10-5-7-15-12(8-10)13(17)18-2/h5,7-8,11,14H,3-4,6,9H2,1-2H3. The molecule has 2 rings (SSSR count). The van der Waals surface area contributed by atoms with E-state index in [1.54, 1.807) is 12.3 Å². The molecule has 0 aliphatic carbocycles. The minimum atomic E-state index is -0.391. The molecule has 0 amide bonds. The SMILES string of the molecule is CCN(c1ccnc(C(=O)OC)c1)C1CCNC1. The van der Waals surface area contributed by atoms with Crippen molar-refractivity contribution in [3.63, 3.8) is 0 Å². The van der Waals surface area contributed by atoms with Crippen LogP contribution in [-0.4, -0.2) is 43.7 Å². The maximum atomic E-state index is 11.5. The van der Waals surface area contributed by atoms with Crippen molar-refractivity contribution in [2.45, 2.75) is 19.4 Å². The van der Waals surface area contributed by atoms with Gasteiger partial charge in [0.05, 0.1) is 7.11 Å². The van der Waals surface area contributed by atoms with Crippen molar-refractivity contribution < 1.29 is 9.53 Å². The van der Waals surface area contributed by atoms with E-state index in [9.17, 15) is 4.79 Å². The molecule has 1 aliphatic heterocycles. The molecule has 1 N–H and O–H groups in total. The number of rotatable bonds is 4. The maximum absolute atomic E-state index is 11.5. The molecule has 2 heterocycles. The average Bonchev–Trinajstić information content (AvgIpc) is 2.93. The Hall–Kier alpha value is -1.62. The number of carbonyl (C=O) groups is 1. The maximum Gasteiger partial charge on any atom is 0.356 e. The van der Waals surface area contributed by atoms with Gasteiger partial charge in [0.1, 0.15) is 5.69 Å². The number of hydrogen-bond acceptors (Lipinski definition) is 5. The van der Waals surface area contributed by atoms with E-state index in [2.05, 4.69) is 22.1 Å². The molecule has 18 heavy (non-hydrogen) atoms. The van der Waals surface area contributed by atoms with E-state index in [1.807, 2.05) is 6.07 Å². The summed E-state index contributed by atoms with van der Waals surface area (Å²) >= 11 is 0. The average molecular weight is 249 g/mol. The number of esters is 1. The fraction of sp³-hybridized carbons (Fsp3) is 0.538. The Morgan fingerprint density at radius 2 is 2.50 bits per heavy atom. The fourth-order valence-corrected chi connectivity index (χ4v) is 2.37. The number of nitrogens with one attached hydrogen (secondary N) is 1. The van der Waals surface area contributed by atoms with Gasteiger partial charge in [-0.15, -0.1) is 0 Å². The van der Waals surface area contributed by atoms with Gasteiger partial charge in [-0.25, -0.2) is 9.78 Å². The molecule has 1 aliphatic rings. The van der Waals surface area contributed by atoms with Crippen LogP contribution in [-0.2, 0) is 4.74 Å². The molecule has 98 valence electrons. The second kappa shape index (κ2) is 5.82. The number of hydrogen-bond donors (Lipinski definition) is 1. The van der Waals surface area contributed by atoms with E-state index in [1.165, 1.54) is 7.11 Å². The lowest BCUT2D eigenvalue weighted by molar-refractivity contribution is 0.0594. The summed E-state index contributed by atoms with van der Waals surface area (Å²) in [7, 11) is 1.37. The Labute approximate surface area is 107 Å². The third-order valence-electron chi connectivity index (χ3n) is 3.29. The number of carbonyl (C=O) groups excluding carboxylic acids is 1. The molecule has 5 heteroatoms. The van der Waals surface area contributed by atoms with Crippen LogP contribution in [0.5, 0.6) is 0 Å². The van der Waals surface area contributed by atoms with E-state index in [-0.39, 0.29) is 0 Å². The monoisotopic (exact) mass is 249 g/mol. The first kappa shape index (κ1) is 12.8. The predicted molar refractivity (Wildman–Crippen MR) is 69.9 cm³/mol. The molecule has 5 nitrogen and oxygen atoms in total. The summed E-state index contributed by atoms with van der Waals surface area (Å²) in [5.74, 6) is -0.391. The Morgan fingerprint density at radius 1 is 1.67 bits per heavy atom. The van der Waals surface area contributed by atoms with E-state index in [0.29, 0.717) is 11.7 Å². The molecule has 1 saturated heterocycles. The minimum Gasteiger partial charge on any atom is -0.464 e. The van der Waals surface area contributed by atoms with E-state index in [0.717, 1.165) is 31.7 Å². The van der Waals surface area contributed by atoms with Crippen LogP contribution in [0, 0.1) is 0 Å². The first-order chi connectivity index (χ1) is 8.76. The Kier molecular flexibility index (Phi) is 4.15. The minimum absolute atomic E-state index is 0.361. The summed E-state index contributed by atoms with van der Waals surface area (Å²) in [5.41, 5.74) is 1.39. The summed E-state index contributed by atoms with van der Waals surface area (Å²) in [6.07, 6.45) is 2.79. The number of likely N-dealkylation sites (N-methyl/N-ethyl adjacent to an activating group) is 1. The molecule has 1 atom stereocenters. The molecule has 1 aromatic heterocycles. The quantitative estimate of drug-likeness (QED) is 0.809. The van der Waals surface area contributed by atoms with Crippen LogP contribution in [0.4, 0.5) is 5.69 Å². The number of ether oxygens (including phenoxy) is 1. The second-order valence-corrected chi connectivity index (χ2v) is 4.32. The Bertz CT molecular complexity index is 416. The highest BCUT2D eigenvalue weighted by Gasteiger charge is 2.22. The van der Waals surface area contributed by atoms with Crippen molar-refractivity contribution in [3.8, 4) is 0 Å². The Morgan fingerprint density at radius 3 is 3.11 bits per heavy atom. The molecule has 1 fully saturated rings. The highest BCUT2D eigenvalue weighted by molar-refractivity contribution is 5.88. The van der Waals surface area contributed by atoms with Crippen molar-refractivity contribution in [1.29, 1.82) is 0 Å². The lowest BCUT2D eigenvalue weighted by atomic mass is 10.2. The summed E-state index contributed by atoms with van der Waals surface area (Å²) in [5, 5.41) is 3.36. The second-order valence-electron chi connectivity index (χ2n) is 4.32. The number of anilines is 1. The lowest BCUT2D eigenvalue weighted by Crippen LogP contribution is -2.36. The molecule has 0 radical (unpaired) electrons. The largest absolute Gasteiger partial charge is 0.464 e. The third-order valence-corrected chi connectivity index (χ3v) is 3.29. The lowest BCUT2D eigenvalue weighted by Gasteiger charge is -2.29. The topological polar surface area (TPSA) is 54.5 Å². The van der Waals surface area contributed by atoms with Crippen molar-refractivity contribution in [2.75, 3.05) is 31.6 Å². The first-order valence-corrected chi connectivity index (χ1v) is 6.28. The van der Waals surface area contributed by atoms with Crippen LogP contribution >= 0.6 is 0 Å². The zero-order valence-electron chi connectivity index (χ0n) is 10.8. The third kappa shape index (κ3) is 2.61. The summed E-state index contributed by atoms with van der Waals surface area (Å²) < 4.78 is 4.70. The van der Waals surface area contributed by atoms with Gasteiger partial charge in [0, 0.05) is 31.0 Å². The molecule has 1 unspecified atom stereocenters. The van der Waals surface area contributed by atoms with Crippen molar-refractivity contribution in [1.82, 2.24) is 10.3 Å². The van der Waals surface area contributed by atoms with Gasteiger partial charge in [-0.2, -0.15) is 0 Å². The van der Waals surface area contributed by atoms with Crippen molar-refractivity contribution >= 4 is 11.7 Å². The van der Waals surface area contributed by atoms with Crippen molar-refractivity contribution in [3.05, 3.63) is 24.0 Å². The number of methoxy groups -OCH3 is 1. The Balaban J connectivity index is 2.22. The van der Waals surface area contributed by atoms with Crippen LogP contribution in [0.25, 0.3) is 0 Å². The highest BCUT2D eigenvalue weighted by atomic mass is 16.5. The molecule has 1 aromatic rings. The zero-order valence-corrected chi connectivity index (χ0v) is 10.8. The first-order valence-electron chi connectivity index (χ1n) is 6.28. The summed E-state index contributed by atoms with van der Waals surface area (Å²) in [6.45, 7) is 5.08. The zero-order chi connectivity index (χ0) is 13.0. The van der Waals surface area contributed by atoms with E-state index in [4.69, 9.17) is 4.74 Å². The van der Waals surface area contributed by atoms with E-state index >= 15 is 0 Å². The molecule has 0 saturated carbocycles. The van der Waals surface area contributed by atoms with Gasteiger partial charge >= 0.3 is 5.97 Å². The molecule has 0 aromatic carbocycles. The van der Waals surface area contributed by atoms with Gasteiger partial charge in [-0.05, 0) is 32.0 Å².